The number of aryl methyl sites for hydroxylation is 1. The summed E-state index contributed by atoms with van der Waals surface area (Å²) >= 11 is 0. The first kappa shape index (κ1) is 16.4. The van der Waals surface area contributed by atoms with Crippen LogP contribution in [-0.2, 0) is 9.53 Å². The maximum atomic E-state index is 12.0. The Hall–Kier alpha value is -1.97. The van der Waals surface area contributed by atoms with Crippen LogP contribution < -0.4 is 11.0 Å². The van der Waals surface area contributed by atoms with E-state index in [9.17, 15) is 14.7 Å². The minimum Gasteiger partial charge on any atom is -0.481 e. The quantitative estimate of drug-likeness (QED) is 0.530. The molecule has 0 spiro atoms. The molecular formula is C13H19N3O6. The molecule has 9 heteroatoms. The predicted octanol–water partition coefficient (Wildman–Crippen LogP) is -0.921. The molecule has 1 saturated heterocycles. The Labute approximate surface area is 126 Å². The number of carbonyl (C=O) groups is 1. The monoisotopic (exact) mass is 313 g/mol. The lowest BCUT2D eigenvalue weighted by molar-refractivity contribution is -0.136. The number of nitrogens with one attached hydrogen (secondary N) is 1. The number of hydrogen-bond donors (Lipinski definition) is 4. The number of ether oxygens (including phenoxy) is 1. The van der Waals surface area contributed by atoms with Gasteiger partial charge in [0.2, 0.25) is 0 Å². The van der Waals surface area contributed by atoms with Crippen molar-refractivity contribution >= 4 is 11.8 Å². The molecule has 0 unspecified atom stereocenters. The minimum absolute atomic E-state index is 0.0830. The highest BCUT2D eigenvalue weighted by atomic mass is 16.5. The highest BCUT2D eigenvalue weighted by molar-refractivity contribution is 5.67. The molecule has 0 aliphatic carbocycles. The van der Waals surface area contributed by atoms with Crippen LogP contribution in [0.3, 0.4) is 0 Å². The zero-order chi connectivity index (χ0) is 16.3. The normalized spacial score (nSPS) is 24.4. The van der Waals surface area contributed by atoms with Gasteiger partial charge < -0.3 is 25.4 Å². The van der Waals surface area contributed by atoms with E-state index in [1.807, 2.05) is 0 Å². The Morgan fingerprint density at radius 3 is 2.91 bits per heavy atom. The molecule has 2 rings (SSSR count). The van der Waals surface area contributed by atoms with E-state index in [4.69, 9.17) is 14.9 Å². The summed E-state index contributed by atoms with van der Waals surface area (Å²) in [6, 6.07) is 0. The lowest BCUT2D eigenvalue weighted by atomic mass is 10.2. The van der Waals surface area contributed by atoms with Crippen molar-refractivity contribution in [2.45, 2.75) is 38.2 Å². The second kappa shape index (κ2) is 6.86. The number of hydrogen-bond acceptors (Lipinski definition) is 7. The third-order valence-electron chi connectivity index (χ3n) is 3.46. The topological polar surface area (TPSA) is 134 Å². The van der Waals surface area contributed by atoms with Crippen LogP contribution >= 0.6 is 0 Å². The van der Waals surface area contributed by atoms with Crippen LogP contribution in [0.1, 0.15) is 24.6 Å². The Morgan fingerprint density at radius 2 is 2.32 bits per heavy atom. The largest absolute Gasteiger partial charge is 0.481 e. The van der Waals surface area contributed by atoms with Gasteiger partial charge in [-0.3, -0.25) is 9.36 Å². The first-order chi connectivity index (χ1) is 10.4. The molecule has 3 atom stereocenters. The van der Waals surface area contributed by atoms with E-state index in [1.165, 1.54) is 10.8 Å². The molecule has 1 aliphatic heterocycles. The molecule has 0 aromatic carbocycles. The molecule has 0 amide bonds. The second-order valence-corrected chi connectivity index (χ2v) is 5.15. The molecule has 1 aromatic rings. The van der Waals surface area contributed by atoms with Crippen molar-refractivity contribution in [3.63, 3.8) is 0 Å². The lowest BCUT2D eigenvalue weighted by Crippen LogP contribution is -2.29. The van der Waals surface area contributed by atoms with Gasteiger partial charge >= 0.3 is 11.7 Å². The second-order valence-electron chi connectivity index (χ2n) is 5.15. The molecule has 2 heterocycles. The van der Waals surface area contributed by atoms with Crippen molar-refractivity contribution in [3.05, 3.63) is 22.2 Å². The van der Waals surface area contributed by atoms with Gasteiger partial charge in [-0.15, -0.1) is 0 Å². The molecule has 1 fully saturated rings. The molecule has 0 radical (unpaired) electrons. The molecule has 0 bridgehead atoms. The smallest absolute Gasteiger partial charge is 0.351 e. The van der Waals surface area contributed by atoms with E-state index in [2.05, 4.69) is 10.3 Å². The van der Waals surface area contributed by atoms with E-state index in [1.54, 1.807) is 6.92 Å². The number of aliphatic carboxylic acids is 1. The van der Waals surface area contributed by atoms with Gasteiger partial charge in [0.05, 0.1) is 19.1 Å². The van der Waals surface area contributed by atoms with Gasteiger partial charge in [-0.2, -0.15) is 4.98 Å². The van der Waals surface area contributed by atoms with Gasteiger partial charge in [0, 0.05) is 24.7 Å². The van der Waals surface area contributed by atoms with Crippen molar-refractivity contribution in [2.24, 2.45) is 0 Å². The van der Waals surface area contributed by atoms with Crippen LogP contribution in [0.25, 0.3) is 0 Å². The SMILES string of the molecule is Cc1cn([C@H]2C[C@H](O)[C@@H](CO)O2)c(=O)nc1NCCC(=O)O. The molecule has 4 N–H and O–H groups in total. The number of carboxylic acids is 1. The van der Waals surface area contributed by atoms with Crippen LogP contribution in [0.5, 0.6) is 0 Å². The van der Waals surface area contributed by atoms with Crippen molar-refractivity contribution in [1.82, 2.24) is 9.55 Å². The van der Waals surface area contributed by atoms with E-state index < -0.39 is 30.1 Å². The fraction of sp³-hybridized carbons (Fsp3) is 0.615. The summed E-state index contributed by atoms with van der Waals surface area (Å²) in [7, 11) is 0. The Morgan fingerprint density at radius 1 is 1.59 bits per heavy atom. The number of aliphatic hydroxyl groups excluding tert-OH is 2. The van der Waals surface area contributed by atoms with Crippen molar-refractivity contribution < 1.29 is 24.9 Å². The summed E-state index contributed by atoms with van der Waals surface area (Å²) < 4.78 is 6.68. The molecule has 1 aliphatic rings. The van der Waals surface area contributed by atoms with Gasteiger partial charge in [0.15, 0.2) is 0 Å². The zero-order valence-electron chi connectivity index (χ0n) is 12.1. The molecule has 0 saturated carbocycles. The van der Waals surface area contributed by atoms with Gasteiger partial charge in [-0.05, 0) is 6.92 Å². The van der Waals surface area contributed by atoms with E-state index in [0.717, 1.165) is 0 Å². The third-order valence-corrected chi connectivity index (χ3v) is 3.46. The zero-order valence-corrected chi connectivity index (χ0v) is 12.1. The van der Waals surface area contributed by atoms with Crippen LogP contribution in [0.2, 0.25) is 0 Å². The molecule has 22 heavy (non-hydrogen) atoms. The Bertz CT molecular complexity index is 602. The summed E-state index contributed by atoms with van der Waals surface area (Å²) in [6.45, 7) is 1.56. The van der Waals surface area contributed by atoms with E-state index in [-0.39, 0.29) is 26.0 Å². The van der Waals surface area contributed by atoms with Crippen molar-refractivity contribution in [1.29, 1.82) is 0 Å². The Kier molecular flexibility index (Phi) is 5.11. The summed E-state index contributed by atoms with van der Waals surface area (Å²) in [6.07, 6.45) is -0.589. The van der Waals surface area contributed by atoms with Gasteiger partial charge in [0.25, 0.3) is 0 Å². The van der Waals surface area contributed by atoms with Crippen LogP contribution in [0.4, 0.5) is 5.82 Å². The van der Waals surface area contributed by atoms with Crippen molar-refractivity contribution in [3.8, 4) is 0 Å². The highest BCUT2D eigenvalue weighted by Gasteiger charge is 2.35. The highest BCUT2D eigenvalue weighted by Crippen LogP contribution is 2.27. The predicted molar refractivity (Wildman–Crippen MR) is 75.6 cm³/mol. The molecular weight excluding hydrogens is 294 g/mol. The van der Waals surface area contributed by atoms with Crippen LogP contribution in [0, 0.1) is 6.92 Å². The molecule has 122 valence electrons. The Balaban J connectivity index is 2.13. The van der Waals surface area contributed by atoms with Gasteiger partial charge in [0.1, 0.15) is 18.1 Å². The van der Waals surface area contributed by atoms with E-state index >= 15 is 0 Å². The number of aromatic nitrogens is 2. The number of nitrogens with zero attached hydrogens (tertiary/aromatic N) is 2. The lowest BCUT2D eigenvalue weighted by Gasteiger charge is -2.16. The number of aliphatic hydroxyl groups is 2. The first-order valence-corrected chi connectivity index (χ1v) is 6.92. The number of carboxylic acid groups (broad SMARTS) is 1. The summed E-state index contributed by atoms with van der Waals surface area (Å²) in [5.41, 5.74) is 0.0785. The number of anilines is 1. The molecule has 9 nitrogen and oxygen atoms in total. The van der Waals surface area contributed by atoms with Crippen molar-refractivity contribution in [2.75, 3.05) is 18.5 Å². The fourth-order valence-electron chi connectivity index (χ4n) is 2.29. The summed E-state index contributed by atoms with van der Waals surface area (Å²) in [5, 5.41) is 30.2. The van der Waals surface area contributed by atoms with E-state index in [0.29, 0.717) is 11.4 Å². The maximum absolute atomic E-state index is 12.0. The molecule has 1 aromatic heterocycles. The fourth-order valence-corrected chi connectivity index (χ4v) is 2.29. The van der Waals surface area contributed by atoms with Crippen LogP contribution in [0.15, 0.2) is 11.0 Å². The summed E-state index contributed by atoms with van der Waals surface area (Å²) in [4.78, 5) is 26.4. The minimum atomic E-state index is -0.943. The standard InChI is InChI=1S/C13H19N3O6/c1-7-5-16(10-4-8(18)9(6-17)22-10)13(21)15-12(7)14-3-2-11(19)20/h5,8-10,17-18H,2-4,6H2,1H3,(H,19,20)(H,14,15,21)/t8-,9+,10+/m0/s1. The summed E-state index contributed by atoms with van der Waals surface area (Å²) in [5.74, 6) is -0.623. The van der Waals surface area contributed by atoms with Crippen LogP contribution in [-0.4, -0.2) is 56.2 Å². The maximum Gasteiger partial charge on any atom is 0.351 e. The average Bonchev–Trinajstić information content (AvgIpc) is 2.82. The van der Waals surface area contributed by atoms with Gasteiger partial charge in [-0.1, -0.05) is 0 Å². The van der Waals surface area contributed by atoms with Gasteiger partial charge in [-0.25, -0.2) is 4.79 Å². The first-order valence-electron chi connectivity index (χ1n) is 6.92. The average molecular weight is 313 g/mol. The third kappa shape index (κ3) is 3.62. The number of rotatable bonds is 6.